The van der Waals surface area contributed by atoms with Crippen LogP contribution in [0, 0.1) is 12.3 Å². The number of amides is 2. The van der Waals surface area contributed by atoms with Crippen LogP contribution in [0.2, 0.25) is 0 Å². The van der Waals surface area contributed by atoms with Crippen molar-refractivity contribution in [3.8, 4) is 12.3 Å². The van der Waals surface area contributed by atoms with Gasteiger partial charge in [0.2, 0.25) is 11.8 Å². The maximum absolute atomic E-state index is 12.6. The molecule has 114 valence electrons. The topological polar surface area (TPSA) is 59.1 Å². The van der Waals surface area contributed by atoms with Crippen molar-refractivity contribution in [3.05, 3.63) is 0 Å². The molecule has 4 unspecified atom stereocenters. The number of carbonyl (C=O) groups excluding carboxylic acids is 2. The number of terminal acetylenes is 1. The number of hydrogen-bond acceptors (Lipinski definition) is 4. The zero-order valence-electron chi connectivity index (χ0n) is 12.2. The molecule has 0 aromatic rings. The molecule has 3 heterocycles. The van der Waals surface area contributed by atoms with E-state index < -0.39 is 6.04 Å². The van der Waals surface area contributed by atoms with E-state index in [2.05, 4.69) is 5.92 Å². The van der Waals surface area contributed by atoms with Crippen molar-refractivity contribution < 1.29 is 19.1 Å². The number of fused-ring (bicyclic) bond motifs is 2. The number of rotatable bonds is 3. The standard InChI is InChI=1S/C15H20N2O4/c1-3-6-21-10-4-5-16-12(7-10)15(19)17-9-11(20-2)8-13(17)14(16)18/h1,10-13H,4-9H2,2H3. The predicted octanol–water partition coefficient (Wildman–Crippen LogP) is -0.375. The lowest BCUT2D eigenvalue weighted by atomic mass is 9.94. The molecule has 0 saturated carbocycles. The van der Waals surface area contributed by atoms with Gasteiger partial charge in [0.15, 0.2) is 0 Å². The summed E-state index contributed by atoms with van der Waals surface area (Å²) >= 11 is 0. The van der Waals surface area contributed by atoms with Crippen molar-refractivity contribution in [2.24, 2.45) is 0 Å². The summed E-state index contributed by atoms with van der Waals surface area (Å²) < 4.78 is 10.9. The van der Waals surface area contributed by atoms with Gasteiger partial charge in [0, 0.05) is 33.0 Å². The van der Waals surface area contributed by atoms with Crippen molar-refractivity contribution in [1.29, 1.82) is 0 Å². The molecule has 3 saturated heterocycles. The number of nitrogens with zero attached hydrogens (tertiary/aromatic N) is 2. The molecule has 0 N–H and O–H groups in total. The third kappa shape index (κ3) is 2.41. The molecule has 0 aromatic heterocycles. The second-order valence-corrected chi connectivity index (χ2v) is 5.81. The van der Waals surface area contributed by atoms with Gasteiger partial charge in [0.1, 0.15) is 18.7 Å². The summed E-state index contributed by atoms with van der Waals surface area (Å²) in [6.45, 7) is 1.32. The average molecular weight is 292 g/mol. The Bertz CT molecular complexity index is 487. The third-order valence-electron chi connectivity index (χ3n) is 4.69. The molecule has 21 heavy (non-hydrogen) atoms. The van der Waals surface area contributed by atoms with Gasteiger partial charge in [-0.2, -0.15) is 0 Å². The Kier molecular flexibility index (Phi) is 3.87. The highest BCUT2D eigenvalue weighted by Gasteiger charge is 2.52. The highest BCUT2D eigenvalue weighted by atomic mass is 16.5. The van der Waals surface area contributed by atoms with Gasteiger partial charge in [0.05, 0.1) is 12.2 Å². The average Bonchev–Trinajstić information content (AvgIpc) is 2.95. The van der Waals surface area contributed by atoms with Crippen molar-refractivity contribution in [3.63, 3.8) is 0 Å². The largest absolute Gasteiger partial charge is 0.380 e. The molecule has 3 aliphatic rings. The van der Waals surface area contributed by atoms with Crippen LogP contribution in [-0.2, 0) is 19.1 Å². The Morgan fingerprint density at radius 2 is 1.86 bits per heavy atom. The van der Waals surface area contributed by atoms with Gasteiger partial charge in [-0.25, -0.2) is 0 Å². The van der Waals surface area contributed by atoms with Crippen molar-refractivity contribution in [1.82, 2.24) is 9.80 Å². The monoisotopic (exact) mass is 292 g/mol. The fraction of sp³-hybridized carbons (Fsp3) is 0.733. The zero-order chi connectivity index (χ0) is 15.0. The normalized spacial score (nSPS) is 35.4. The van der Waals surface area contributed by atoms with Gasteiger partial charge in [-0.1, -0.05) is 5.92 Å². The summed E-state index contributed by atoms with van der Waals surface area (Å²) in [5, 5.41) is 0. The van der Waals surface area contributed by atoms with E-state index in [1.54, 1.807) is 16.9 Å². The van der Waals surface area contributed by atoms with Crippen LogP contribution in [0.15, 0.2) is 0 Å². The minimum atomic E-state index is -0.402. The zero-order valence-corrected chi connectivity index (χ0v) is 12.2. The minimum Gasteiger partial charge on any atom is -0.380 e. The van der Waals surface area contributed by atoms with Crippen molar-refractivity contribution in [2.45, 2.75) is 43.6 Å². The maximum Gasteiger partial charge on any atom is 0.246 e. The Hall–Kier alpha value is -1.58. The first-order valence-electron chi connectivity index (χ1n) is 7.34. The molecule has 0 aliphatic carbocycles. The molecule has 0 spiro atoms. The molecule has 3 rings (SSSR count). The lowest BCUT2D eigenvalue weighted by Crippen LogP contribution is -2.65. The van der Waals surface area contributed by atoms with Crippen LogP contribution >= 0.6 is 0 Å². The van der Waals surface area contributed by atoms with Gasteiger partial charge < -0.3 is 19.3 Å². The quantitative estimate of drug-likeness (QED) is 0.666. The number of carbonyl (C=O) groups is 2. The smallest absolute Gasteiger partial charge is 0.246 e. The molecule has 0 aromatic carbocycles. The van der Waals surface area contributed by atoms with Gasteiger partial charge in [-0.3, -0.25) is 9.59 Å². The van der Waals surface area contributed by atoms with E-state index in [4.69, 9.17) is 15.9 Å². The number of piperidine rings is 1. The van der Waals surface area contributed by atoms with Crippen LogP contribution in [0.4, 0.5) is 0 Å². The first-order valence-corrected chi connectivity index (χ1v) is 7.34. The first kappa shape index (κ1) is 14.4. The van der Waals surface area contributed by atoms with Gasteiger partial charge >= 0.3 is 0 Å². The number of hydrogen-bond donors (Lipinski definition) is 0. The number of piperazine rings is 1. The lowest BCUT2D eigenvalue weighted by Gasteiger charge is -2.46. The summed E-state index contributed by atoms with van der Waals surface area (Å²) in [6, 6.07) is -0.747. The highest BCUT2D eigenvalue weighted by molar-refractivity contribution is 5.97. The Morgan fingerprint density at radius 1 is 1.19 bits per heavy atom. The molecule has 3 fully saturated rings. The summed E-state index contributed by atoms with van der Waals surface area (Å²) in [5.41, 5.74) is 0. The molecule has 6 heteroatoms. The molecule has 0 bridgehead atoms. The maximum atomic E-state index is 12.6. The van der Waals surface area contributed by atoms with E-state index in [1.165, 1.54) is 0 Å². The molecular formula is C15H20N2O4. The van der Waals surface area contributed by atoms with Crippen molar-refractivity contribution >= 4 is 11.8 Å². The van der Waals surface area contributed by atoms with Gasteiger partial charge in [0.25, 0.3) is 0 Å². The summed E-state index contributed by atoms with van der Waals surface area (Å²) in [4.78, 5) is 28.6. The molecule has 4 atom stereocenters. The van der Waals surface area contributed by atoms with Crippen LogP contribution in [0.5, 0.6) is 0 Å². The van der Waals surface area contributed by atoms with E-state index in [0.29, 0.717) is 25.9 Å². The third-order valence-corrected chi connectivity index (χ3v) is 4.69. The molecule has 2 amide bonds. The van der Waals surface area contributed by atoms with Crippen LogP contribution in [0.1, 0.15) is 19.3 Å². The van der Waals surface area contributed by atoms with Gasteiger partial charge in [-0.15, -0.1) is 6.42 Å². The van der Waals surface area contributed by atoms with Crippen LogP contribution in [-0.4, -0.2) is 72.7 Å². The molecule has 0 radical (unpaired) electrons. The second kappa shape index (κ2) is 5.66. The summed E-state index contributed by atoms with van der Waals surface area (Å²) in [5.74, 6) is 2.51. The Morgan fingerprint density at radius 3 is 2.57 bits per heavy atom. The minimum absolute atomic E-state index is 0.0214. The van der Waals surface area contributed by atoms with E-state index in [1.807, 2.05) is 0 Å². The lowest BCUT2D eigenvalue weighted by molar-refractivity contribution is -0.164. The fourth-order valence-corrected chi connectivity index (χ4v) is 3.58. The molecular weight excluding hydrogens is 272 g/mol. The van der Waals surface area contributed by atoms with Gasteiger partial charge in [-0.05, 0) is 6.42 Å². The summed E-state index contributed by atoms with van der Waals surface area (Å²) in [7, 11) is 1.62. The van der Waals surface area contributed by atoms with Crippen LogP contribution in [0.3, 0.4) is 0 Å². The first-order chi connectivity index (χ1) is 10.2. The fourth-order valence-electron chi connectivity index (χ4n) is 3.58. The van der Waals surface area contributed by atoms with Crippen LogP contribution in [0.25, 0.3) is 0 Å². The summed E-state index contributed by atoms with van der Waals surface area (Å²) in [6.07, 6.45) is 6.98. The molecule has 3 aliphatic heterocycles. The van der Waals surface area contributed by atoms with E-state index in [-0.39, 0.29) is 36.7 Å². The number of methoxy groups -OCH3 is 1. The second-order valence-electron chi connectivity index (χ2n) is 5.81. The number of ether oxygens (including phenoxy) is 2. The highest BCUT2D eigenvalue weighted by Crippen LogP contribution is 2.33. The SMILES string of the molecule is C#CCOC1CCN2C(=O)C3CC(OC)CN3C(=O)C2C1. The van der Waals surface area contributed by atoms with Crippen LogP contribution < -0.4 is 0 Å². The van der Waals surface area contributed by atoms with E-state index >= 15 is 0 Å². The van der Waals surface area contributed by atoms with E-state index in [0.717, 1.165) is 6.42 Å². The van der Waals surface area contributed by atoms with E-state index in [9.17, 15) is 9.59 Å². The van der Waals surface area contributed by atoms with Crippen molar-refractivity contribution in [2.75, 3.05) is 26.8 Å². The Balaban J connectivity index is 1.74. The predicted molar refractivity (Wildman–Crippen MR) is 74.2 cm³/mol. The Labute approximate surface area is 124 Å². The molecule has 6 nitrogen and oxygen atoms in total.